The van der Waals surface area contributed by atoms with Gasteiger partial charge in [-0.25, -0.2) is 4.98 Å². The van der Waals surface area contributed by atoms with Crippen LogP contribution in [0.2, 0.25) is 0 Å². The maximum atomic E-state index is 12.6. The summed E-state index contributed by atoms with van der Waals surface area (Å²) in [6, 6.07) is 8.17. The van der Waals surface area contributed by atoms with Crippen LogP contribution in [0.5, 0.6) is 0 Å². The predicted octanol–water partition coefficient (Wildman–Crippen LogP) is 2.52. The van der Waals surface area contributed by atoms with E-state index >= 15 is 0 Å². The molecule has 1 aromatic carbocycles. The van der Waals surface area contributed by atoms with Gasteiger partial charge in [-0.1, -0.05) is 29.5 Å². The van der Waals surface area contributed by atoms with Crippen LogP contribution in [0.15, 0.2) is 36.9 Å². The molecular weight excluding hydrogens is 322 g/mol. The first kappa shape index (κ1) is 16.9. The fraction of sp³-hybridized carbons (Fsp3) is 0.444. The molecule has 0 atom stereocenters. The maximum Gasteiger partial charge on any atom is 0.226 e. The Morgan fingerprint density at radius 2 is 2.17 bits per heavy atom. The zero-order valence-electron chi connectivity index (χ0n) is 13.7. The number of hydrogen-bond donors (Lipinski definition) is 1. The number of carbonyl (C=O) groups excluding carboxylic acids is 1. The molecule has 1 aromatic heterocycles. The highest BCUT2D eigenvalue weighted by atomic mass is 32.1. The lowest BCUT2D eigenvalue weighted by atomic mass is 9.95. The molecule has 3 rings (SSSR count). The van der Waals surface area contributed by atoms with E-state index in [0.29, 0.717) is 13.1 Å². The first-order chi connectivity index (χ1) is 11.7. The number of benzene rings is 1. The number of para-hydroxylation sites is 1. The van der Waals surface area contributed by atoms with E-state index in [1.165, 1.54) is 4.70 Å². The van der Waals surface area contributed by atoms with Crippen molar-refractivity contribution in [2.24, 2.45) is 5.92 Å². The Bertz CT molecular complexity index is 674. The number of carbonyl (C=O) groups is 1. The average molecular weight is 345 g/mol. The van der Waals surface area contributed by atoms with Crippen LogP contribution >= 0.6 is 11.3 Å². The normalized spacial score (nSPS) is 15.6. The average Bonchev–Trinajstić information content (AvgIpc) is 3.05. The van der Waals surface area contributed by atoms with Crippen molar-refractivity contribution >= 4 is 32.6 Å². The van der Waals surface area contributed by atoms with Crippen molar-refractivity contribution in [3.05, 3.63) is 36.9 Å². The molecule has 0 saturated carbocycles. The fourth-order valence-corrected chi connectivity index (χ4v) is 4.16. The number of nitrogens with zero attached hydrogens (tertiary/aromatic N) is 3. The highest BCUT2D eigenvalue weighted by Crippen LogP contribution is 2.31. The predicted molar refractivity (Wildman–Crippen MR) is 98.4 cm³/mol. The first-order valence-corrected chi connectivity index (χ1v) is 9.15. The van der Waals surface area contributed by atoms with Crippen LogP contribution < -0.4 is 4.90 Å². The zero-order chi connectivity index (χ0) is 16.9. The van der Waals surface area contributed by atoms with Gasteiger partial charge in [-0.2, -0.15) is 0 Å². The number of fused-ring (bicyclic) bond motifs is 1. The topological polar surface area (TPSA) is 56.7 Å². The largest absolute Gasteiger partial charge is 0.395 e. The SMILES string of the molecule is C=CCN(CCO)C(=O)C1CCN(c2nc3ccccc3s2)CC1. The number of hydrogen-bond acceptors (Lipinski definition) is 5. The number of aliphatic hydroxyl groups excluding tert-OH is 1. The molecule has 0 radical (unpaired) electrons. The van der Waals surface area contributed by atoms with Gasteiger partial charge >= 0.3 is 0 Å². The summed E-state index contributed by atoms with van der Waals surface area (Å²) >= 11 is 1.71. The van der Waals surface area contributed by atoms with Gasteiger partial charge in [-0.05, 0) is 25.0 Å². The maximum absolute atomic E-state index is 12.6. The number of rotatable bonds is 6. The molecule has 0 aliphatic carbocycles. The molecule has 6 heteroatoms. The number of aliphatic hydroxyl groups is 1. The third kappa shape index (κ3) is 3.60. The number of aromatic nitrogens is 1. The second-order valence-corrected chi connectivity index (χ2v) is 7.03. The highest BCUT2D eigenvalue weighted by Gasteiger charge is 2.29. The summed E-state index contributed by atoms with van der Waals surface area (Å²) in [5.41, 5.74) is 1.04. The molecule has 1 N–H and O–H groups in total. The molecule has 128 valence electrons. The van der Waals surface area contributed by atoms with Gasteiger partial charge in [-0.3, -0.25) is 4.79 Å². The van der Waals surface area contributed by atoms with Crippen molar-refractivity contribution in [1.29, 1.82) is 0 Å². The Balaban J connectivity index is 1.62. The molecule has 24 heavy (non-hydrogen) atoms. The number of thiazole rings is 1. The molecule has 1 aliphatic heterocycles. The quantitative estimate of drug-likeness (QED) is 0.818. The van der Waals surface area contributed by atoms with Crippen LogP contribution in [-0.2, 0) is 4.79 Å². The van der Waals surface area contributed by atoms with Crippen LogP contribution in [0.4, 0.5) is 5.13 Å². The first-order valence-electron chi connectivity index (χ1n) is 8.34. The molecule has 5 nitrogen and oxygen atoms in total. The van der Waals surface area contributed by atoms with Crippen LogP contribution in [0.1, 0.15) is 12.8 Å². The van der Waals surface area contributed by atoms with Gasteiger partial charge in [0.15, 0.2) is 5.13 Å². The summed E-state index contributed by atoms with van der Waals surface area (Å²) in [6.07, 6.45) is 3.37. The minimum absolute atomic E-state index is 0.00979. The van der Waals surface area contributed by atoms with Gasteiger partial charge in [0, 0.05) is 32.1 Å². The van der Waals surface area contributed by atoms with Crippen molar-refractivity contribution in [3.8, 4) is 0 Å². The van der Waals surface area contributed by atoms with Crippen LogP contribution in [0.25, 0.3) is 10.2 Å². The molecule has 1 aliphatic rings. The van der Waals surface area contributed by atoms with Crippen molar-refractivity contribution in [1.82, 2.24) is 9.88 Å². The summed E-state index contributed by atoms with van der Waals surface area (Å²) in [4.78, 5) is 21.3. The van der Waals surface area contributed by atoms with E-state index in [-0.39, 0.29) is 18.4 Å². The lowest BCUT2D eigenvalue weighted by molar-refractivity contribution is -0.136. The van der Waals surface area contributed by atoms with Gasteiger partial charge in [0.05, 0.1) is 16.8 Å². The van der Waals surface area contributed by atoms with E-state index in [4.69, 9.17) is 10.1 Å². The lowest BCUT2D eigenvalue weighted by Gasteiger charge is -2.33. The zero-order valence-corrected chi connectivity index (χ0v) is 14.5. The molecule has 2 heterocycles. The summed E-state index contributed by atoms with van der Waals surface area (Å²) in [5, 5.41) is 10.2. The van der Waals surface area contributed by atoms with Crippen molar-refractivity contribution in [2.45, 2.75) is 12.8 Å². The van der Waals surface area contributed by atoms with Crippen molar-refractivity contribution in [2.75, 3.05) is 37.7 Å². The van der Waals surface area contributed by atoms with E-state index in [1.54, 1.807) is 22.3 Å². The number of piperidine rings is 1. The Hall–Kier alpha value is -1.92. The highest BCUT2D eigenvalue weighted by molar-refractivity contribution is 7.22. The van der Waals surface area contributed by atoms with E-state index in [9.17, 15) is 4.79 Å². The van der Waals surface area contributed by atoms with Gasteiger partial charge in [0.25, 0.3) is 0 Å². The molecular formula is C18H23N3O2S. The van der Waals surface area contributed by atoms with Crippen LogP contribution in [0, 0.1) is 5.92 Å². The minimum Gasteiger partial charge on any atom is -0.395 e. The van der Waals surface area contributed by atoms with Crippen LogP contribution in [-0.4, -0.2) is 53.7 Å². The summed E-state index contributed by atoms with van der Waals surface area (Å²) < 4.78 is 1.20. The number of anilines is 1. The Labute approximate surface area is 146 Å². The summed E-state index contributed by atoms with van der Waals surface area (Å²) in [7, 11) is 0. The molecule has 1 saturated heterocycles. The third-order valence-electron chi connectivity index (χ3n) is 4.43. The van der Waals surface area contributed by atoms with E-state index in [2.05, 4.69) is 17.5 Å². The molecule has 0 bridgehead atoms. The monoisotopic (exact) mass is 345 g/mol. The minimum atomic E-state index is -0.00979. The number of amides is 1. The van der Waals surface area contributed by atoms with E-state index < -0.39 is 0 Å². The van der Waals surface area contributed by atoms with E-state index in [0.717, 1.165) is 36.6 Å². The lowest BCUT2D eigenvalue weighted by Crippen LogP contribution is -2.43. The molecule has 1 fully saturated rings. The van der Waals surface area contributed by atoms with Gasteiger partial charge in [0.2, 0.25) is 5.91 Å². The molecule has 0 unspecified atom stereocenters. The standard InChI is InChI=1S/C18H23N3O2S/c1-2-9-20(12-13-22)17(23)14-7-10-21(11-8-14)18-19-15-5-3-4-6-16(15)24-18/h2-6,14,22H,1,7-13H2. The van der Waals surface area contributed by atoms with Gasteiger partial charge in [-0.15, -0.1) is 6.58 Å². The second kappa shape index (κ2) is 7.77. The Morgan fingerprint density at radius 3 is 2.83 bits per heavy atom. The van der Waals surface area contributed by atoms with Crippen molar-refractivity contribution in [3.63, 3.8) is 0 Å². The van der Waals surface area contributed by atoms with Crippen molar-refractivity contribution < 1.29 is 9.90 Å². The smallest absolute Gasteiger partial charge is 0.226 e. The summed E-state index contributed by atoms with van der Waals surface area (Å²) in [6.45, 7) is 6.25. The third-order valence-corrected chi connectivity index (χ3v) is 5.53. The molecule has 1 amide bonds. The Kier molecular flexibility index (Phi) is 5.48. The summed E-state index contributed by atoms with van der Waals surface area (Å²) in [5.74, 6) is 0.162. The van der Waals surface area contributed by atoms with Crippen LogP contribution in [0.3, 0.4) is 0 Å². The van der Waals surface area contributed by atoms with Gasteiger partial charge in [0.1, 0.15) is 0 Å². The van der Waals surface area contributed by atoms with Gasteiger partial charge < -0.3 is 14.9 Å². The Morgan fingerprint density at radius 1 is 1.42 bits per heavy atom. The fourth-order valence-electron chi connectivity index (χ4n) is 3.14. The second-order valence-electron chi connectivity index (χ2n) is 6.02. The molecule has 0 spiro atoms. The van der Waals surface area contributed by atoms with E-state index in [1.807, 2.05) is 18.2 Å². The molecule has 2 aromatic rings.